The van der Waals surface area contributed by atoms with Gasteiger partial charge >= 0.3 is 12.1 Å². The minimum atomic E-state index is -4.49. The predicted molar refractivity (Wildman–Crippen MR) is 101 cm³/mol. The molecule has 2 aromatic carbocycles. The number of methoxy groups -OCH3 is 1. The van der Waals surface area contributed by atoms with Gasteiger partial charge in [-0.05, 0) is 24.3 Å². The monoisotopic (exact) mass is 457 g/mol. The van der Waals surface area contributed by atoms with Crippen molar-refractivity contribution in [3.8, 4) is 11.3 Å². The molecule has 0 unspecified atom stereocenters. The van der Waals surface area contributed by atoms with Crippen LogP contribution in [0.15, 0.2) is 42.5 Å². The molecule has 1 heterocycles. The van der Waals surface area contributed by atoms with Crippen molar-refractivity contribution in [1.82, 2.24) is 4.98 Å². The van der Waals surface area contributed by atoms with E-state index in [1.807, 2.05) is 0 Å². The highest BCUT2D eigenvalue weighted by Crippen LogP contribution is 2.36. The van der Waals surface area contributed by atoms with Gasteiger partial charge in [0, 0.05) is 26.9 Å². The largest absolute Gasteiger partial charge is 0.465 e. The first-order valence-corrected chi connectivity index (χ1v) is 9.20. The van der Waals surface area contributed by atoms with E-state index in [1.54, 1.807) is 18.2 Å². The average Bonchev–Trinajstić information content (AvgIpc) is 2.65. The third kappa shape index (κ3) is 3.80. The van der Waals surface area contributed by atoms with Gasteiger partial charge in [-0.3, -0.25) is 0 Å². The van der Waals surface area contributed by atoms with Gasteiger partial charge < -0.3 is 4.74 Å². The number of aromatic nitrogens is 1. The molecule has 0 aliphatic carbocycles. The molecular formula is C19H12BrClF3NO2. The van der Waals surface area contributed by atoms with E-state index in [9.17, 15) is 18.0 Å². The van der Waals surface area contributed by atoms with Gasteiger partial charge in [-0.15, -0.1) is 0 Å². The standard InChI is InChI=1S/C19H12BrClF3NO2/c1-27-18(26)16-13-6-5-12(21)8-15(13)25-17(14(16)9-20)10-3-2-4-11(7-10)19(22,23)24/h2-8H,9H2,1H3. The molecule has 27 heavy (non-hydrogen) atoms. The fourth-order valence-electron chi connectivity index (χ4n) is 2.82. The van der Waals surface area contributed by atoms with Crippen LogP contribution in [0.25, 0.3) is 22.2 Å². The third-order valence-corrected chi connectivity index (χ3v) is 4.83. The SMILES string of the molecule is COC(=O)c1c(CBr)c(-c2cccc(C(F)(F)F)c2)nc2cc(Cl)ccc12. The second-order valence-corrected chi connectivity index (χ2v) is 6.68. The van der Waals surface area contributed by atoms with Crippen molar-refractivity contribution in [2.45, 2.75) is 11.5 Å². The summed E-state index contributed by atoms with van der Waals surface area (Å²) in [5, 5.41) is 1.11. The molecule has 0 bridgehead atoms. The summed E-state index contributed by atoms with van der Waals surface area (Å²) >= 11 is 9.34. The zero-order chi connectivity index (χ0) is 19.8. The highest BCUT2D eigenvalue weighted by atomic mass is 79.9. The molecule has 0 saturated carbocycles. The van der Waals surface area contributed by atoms with Crippen LogP contribution in [-0.4, -0.2) is 18.1 Å². The van der Waals surface area contributed by atoms with Gasteiger partial charge in [0.1, 0.15) is 0 Å². The first kappa shape index (κ1) is 19.6. The highest BCUT2D eigenvalue weighted by Gasteiger charge is 2.31. The predicted octanol–water partition coefficient (Wildman–Crippen LogP) is 6.26. The molecular weight excluding hydrogens is 447 g/mol. The van der Waals surface area contributed by atoms with Gasteiger partial charge in [0.15, 0.2) is 0 Å². The van der Waals surface area contributed by atoms with Crippen LogP contribution in [0.4, 0.5) is 13.2 Å². The Kier molecular flexibility index (Phi) is 5.44. The van der Waals surface area contributed by atoms with Crippen molar-refractivity contribution in [3.63, 3.8) is 0 Å². The smallest absolute Gasteiger partial charge is 0.416 e. The fraction of sp³-hybridized carbons (Fsp3) is 0.158. The lowest BCUT2D eigenvalue weighted by Gasteiger charge is -2.16. The fourth-order valence-corrected chi connectivity index (χ4v) is 3.54. The number of halogens is 5. The first-order valence-electron chi connectivity index (χ1n) is 7.70. The summed E-state index contributed by atoms with van der Waals surface area (Å²) in [6, 6.07) is 9.61. The molecule has 0 saturated heterocycles. The average molecular weight is 459 g/mol. The molecule has 0 N–H and O–H groups in total. The van der Waals surface area contributed by atoms with Crippen LogP contribution in [0.2, 0.25) is 5.02 Å². The Hall–Kier alpha value is -2.12. The first-order chi connectivity index (χ1) is 12.8. The lowest BCUT2D eigenvalue weighted by atomic mass is 9.97. The van der Waals surface area contributed by atoms with Gasteiger partial charge in [0.25, 0.3) is 0 Å². The summed E-state index contributed by atoms with van der Waals surface area (Å²) in [7, 11) is 1.24. The van der Waals surface area contributed by atoms with E-state index >= 15 is 0 Å². The number of hydrogen-bond donors (Lipinski definition) is 0. The molecule has 0 spiro atoms. The van der Waals surface area contributed by atoms with E-state index in [4.69, 9.17) is 16.3 Å². The number of nitrogens with zero attached hydrogens (tertiary/aromatic N) is 1. The Morgan fingerprint density at radius 1 is 1.22 bits per heavy atom. The number of ether oxygens (including phenoxy) is 1. The summed E-state index contributed by atoms with van der Waals surface area (Å²) in [4.78, 5) is 16.9. The van der Waals surface area contributed by atoms with Crippen LogP contribution in [0.1, 0.15) is 21.5 Å². The summed E-state index contributed by atoms with van der Waals surface area (Å²) < 4.78 is 44.2. The van der Waals surface area contributed by atoms with E-state index in [0.717, 1.165) is 12.1 Å². The molecule has 0 aliphatic rings. The van der Waals surface area contributed by atoms with Gasteiger partial charge in [0.2, 0.25) is 0 Å². The van der Waals surface area contributed by atoms with Crippen molar-refractivity contribution in [3.05, 3.63) is 64.2 Å². The maximum Gasteiger partial charge on any atom is 0.416 e. The molecule has 8 heteroatoms. The molecule has 1 aromatic heterocycles. The molecule has 140 valence electrons. The third-order valence-electron chi connectivity index (χ3n) is 4.04. The van der Waals surface area contributed by atoms with E-state index < -0.39 is 17.7 Å². The number of carbonyl (C=O) groups excluding carboxylic acids is 1. The molecule has 0 radical (unpaired) electrons. The van der Waals surface area contributed by atoms with E-state index in [-0.39, 0.29) is 22.2 Å². The van der Waals surface area contributed by atoms with Crippen molar-refractivity contribution >= 4 is 44.4 Å². The van der Waals surface area contributed by atoms with Crippen molar-refractivity contribution in [2.24, 2.45) is 0 Å². The summed E-state index contributed by atoms with van der Waals surface area (Å²) in [5.74, 6) is -0.604. The number of esters is 1. The Morgan fingerprint density at radius 3 is 2.59 bits per heavy atom. The van der Waals surface area contributed by atoms with Gasteiger partial charge in [-0.2, -0.15) is 13.2 Å². The molecule has 0 aliphatic heterocycles. The van der Waals surface area contributed by atoms with Crippen LogP contribution in [-0.2, 0) is 16.2 Å². The number of carbonyl (C=O) groups is 1. The number of rotatable bonds is 3. The zero-order valence-corrected chi connectivity index (χ0v) is 16.2. The lowest BCUT2D eigenvalue weighted by molar-refractivity contribution is -0.137. The van der Waals surface area contributed by atoms with Crippen molar-refractivity contribution in [1.29, 1.82) is 0 Å². The maximum atomic E-state index is 13.1. The van der Waals surface area contributed by atoms with Crippen LogP contribution >= 0.6 is 27.5 Å². The Labute approximate surface area is 166 Å². The van der Waals surface area contributed by atoms with Crippen molar-refractivity contribution in [2.75, 3.05) is 7.11 Å². The van der Waals surface area contributed by atoms with E-state index in [0.29, 0.717) is 21.5 Å². The second kappa shape index (κ2) is 7.48. The van der Waals surface area contributed by atoms with Gasteiger partial charge in [0.05, 0.1) is 29.4 Å². The Morgan fingerprint density at radius 2 is 1.96 bits per heavy atom. The summed E-state index contributed by atoms with van der Waals surface area (Å²) in [6.07, 6.45) is -4.49. The number of pyridine rings is 1. The number of fused-ring (bicyclic) bond motifs is 1. The second-order valence-electron chi connectivity index (χ2n) is 5.68. The van der Waals surface area contributed by atoms with Crippen LogP contribution < -0.4 is 0 Å². The van der Waals surface area contributed by atoms with Gasteiger partial charge in [-0.25, -0.2) is 9.78 Å². The molecule has 0 atom stereocenters. The number of benzene rings is 2. The quantitative estimate of drug-likeness (QED) is 0.344. The number of hydrogen-bond acceptors (Lipinski definition) is 3. The molecule has 3 aromatic rings. The topological polar surface area (TPSA) is 39.2 Å². The van der Waals surface area contributed by atoms with Gasteiger partial charge in [-0.1, -0.05) is 45.7 Å². The normalized spacial score (nSPS) is 11.6. The summed E-state index contributed by atoms with van der Waals surface area (Å²) in [5.41, 5.74) is 0.770. The Bertz CT molecular complexity index is 1040. The Balaban J connectivity index is 2.38. The maximum absolute atomic E-state index is 13.1. The van der Waals surface area contributed by atoms with E-state index in [1.165, 1.54) is 19.2 Å². The minimum Gasteiger partial charge on any atom is -0.465 e. The molecule has 3 nitrogen and oxygen atoms in total. The van der Waals surface area contributed by atoms with Crippen LogP contribution in [0, 0.1) is 0 Å². The number of alkyl halides is 4. The van der Waals surface area contributed by atoms with Crippen LogP contribution in [0.5, 0.6) is 0 Å². The summed E-state index contributed by atoms with van der Waals surface area (Å²) in [6.45, 7) is 0. The van der Waals surface area contributed by atoms with Crippen molar-refractivity contribution < 1.29 is 22.7 Å². The molecule has 0 fully saturated rings. The molecule has 3 rings (SSSR count). The minimum absolute atomic E-state index is 0.203. The van der Waals surface area contributed by atoms with Crippen LogP contribution in [0.3, 0.4) is 0 Å². The van der Waals surface area contributed by atoms with E-state index in [2.05, 4.69) is 20.9 Å². The lowest BCUT2D eigenvalue weighted by Crippen LogP contribution is -2.10. The highest BCUT2D eigenvalue weighted by molar-refractivity contribution is 9.08. The molecule has 0 amide bonds. The zero-order valence-electron chi connectivity index (χ0n) is 13.9.